The van der Waals surface area contributed by atoms with Crippen molar-refractivity contribution in [3.8, 4) is 0 Å². The van der Waals surface area contributed by atoms with E-state index in [2.05, 4.69) is 72.7 Å². The maximum Gasteiger partial charge on any atom is 0.167 e. The third-order valence-electron chi connectivity index (χ3n) is 9.20. The summed E-state index contributed by atoms with van der Waals surface area (Å²) in [7, 11) is 0. The average molecular weight is 562 g/mol. The van der Waals surface area contributed by atoms with Crippen molar-refractivity contribution in [3.63, 3.8) is 0 Å². The lowest BCUT2D eigenvalue weighted by molar-refractivity contribution is -0.0619. The highest BCUT2D eigenvalue weighted by Crippen LogP contribution is 2.40. The van der Waals surface area contributed by atoms with Gasteiger partial charge in [-0.3, -0.25) is 14.5 Å². The zero-order valence-corrected chi connectivity index (χ0v) is 24.7. The Hall–Kier alpha value is -2.92. The molecule has 2 fully saturated rings. The molecule has 1 saturated heterocycles. The molecule has 41 heavy (non-hydrogen) atoms. The molecule has 2 aromatic heterocycles. The van der Waals surface area contributed by atoms with Crippen LogP contribution in [0.15, 0.2) is 35.8 Å². The number of aliphatic hydroxyl groups excluding tert-OH is 2. The van der Waals surface area contributed by atoms with E-state index in [9.17, 15) is 10.2 Å². The zero-order chi connectivity index (χ0) is 29.1. The number of ether oxygens (including phenoxy) is 1. The number of hydrogen-bond donors (Lipinski definition) is 3. The molecular weight excluding hydrogens is 518 g/mol. The Morgan fingerprint density at radius 2 is 1.90 bits per heavy atom. The monoisotopic (exact) mass is 561 g/mol. The number of fused-ring (bicyclic) bond motifs is 2. The summed E-state index contributed by atoms with van der Waals surface area (Å²) >= 11 is 0. The number of nitrogens with two attached hydrogens (primary N) is 1. The van der Waals surface area contributed by atoms with Crippen LogP contribution < -0.4 is 5.73 Å². The van der Waals surface area contributed by atoms with Crippen molar-refractivity contribution in [1.29, 1.82) is 0 Å². The molecule has 0 spiro atoms. The van der Waals surface area contributed by atoms with Crippen molar-refractivity contribution in [2.75, 3.05) is 12.3 Å². The fraction of sp³-hybridized carbons (Fsp3) is 0.613. The van der Waals surface area contributed by atoms with E-state index in [4.69, 9.17) is 15.5 Å². The molecule has 1 saturated carbocycles. The predicted molar refractivity (Wildman–Crippen MR) is 159 cm³/mol. The smallest absolute Gasteiger partial charge is 0.167 e. The fourth-order valence-corrected chi connectivity index (χ4v) is 6.59. The summed E-state index contributed by atoms with van der Waals surface area (Å²) in [5.74, 6) is 0.941. The van der Waals surface area contributed by atoms with Crippen LogP contribution >= 0.6 is 0 Å². The minimum Gasteiger partial charge on any atom is -0.387 e. The van der Waals surface area contributed by atoms with E-state index in [-0.39, 0.29) is 11.2 Å². The van der Waals surface area contributed by atoms with E-state index in [1.165, 1.54) is 29.5 Å². The number of imidazole rings is 1. The third-order valence-corrected chi connectivity index (χ3v) is 9.20. The molecule has 1 aromatic carbocycles. The second-order valence-electron chi connectivity index (χ2n) is 13.4. The van der Waals surface area contributed by atoms with E-state index in [0.717, 1.165) is 37.8 Å². The van der Waals surface area contributed by atoms with Crippen molar-refractivity contribution in [1.82, 2.24) is 24.4 Å². The van der Waals surface area contributed by atoms with E-state index in [1.807, 2.05) is 0 Å². The van der Waals surface area contributed by atoms with Crippen LogP contribution in [0.3, 0.4) is 0 Å². The second kappa shape index (κ2) is 10.7. The number of rotatable bonds is 8. The molecule has 1 aliphatic carbocycles. The maximum absolute atomic E-state index is 10.9. The third kappa shape index (κ3) is 5.38. The Balaban J connectivity index is 1.04. The normalized spacial score (nSPS) is 28.0. The van der Waals surface area contributed by atoms with Gasteiger partial charge in [0.05, 0.1) is 12.0 Å². The predicted octanol–water partition coefficient (Wildman–Crippen LogP) is 3.92. The van der Waals surface area contributed by atoms with Gasteiger partial charge in [-0.15, -0.1) is 0 Å². The van der Waals surface area contributed by atoms with Crippen LogP contribution in [-0.4, -0.2) is 77.3 Å². The lowest BCUT2D eigenvalue weighted by Crippen LogP contribution is -2.52. The summed E-state index contributed by atoms with van der Waals surface area (Å²) in [6.45, 7) is 11.6. The van der Waals surface area contributed by atoms with Crippen molar-refractivity contribution in [2.45, 2.75) is 109 Å². The molecule has 0 amide bonds. The van der Waals surface area contributed by atoms with Crippen LogP contribution in [0.5, 0.6) is 0 Å². The van der Waals surface area contributed by atoms with Gasteiger partial charge in [0, 0.05) is 30.8 Å². The summed E-state index contributed by atoms with van der Waals surface area (Å²) in [4.78, 5) is 19.9. The lowest BCUT2D eigenvalue weighted by Gasteiger charge is -2.46. The van der Waals surface area contributed by atoms with E-state index in [1.54, 1.807) is 4.57 Å². The molecule has 10 nitrogen and oxygen atoms in total. The number of nitrogen functional groups attached to an aromatic ring is 1. The molecule has 0 bridgehead atoms. The summed E-state index contributed by atoms with van der Waals surface area (Å²) in [6.07, 6.45) is 4.87. The number of anilines is 1. The lowest BCUT2D eigenvalue weighted by atomic mass is 9.75. The summed E-state index contributed by atoms with van der Waals surface area (Å²) in [5, 5.41) is 21.8. The van der Waals surface area contributed by atoms with Gasteiger partial charge in [0.1, 0.15) is 30.2 Å². The van der Waals surface area contributed by atoms with Crippen molar-refractivity contribution in [2.24, 2.45) is 10.9 Å². The van der Waals surface area contributed by atoms with Gasteiger partial charge in [-0.1, -0.05) is 32.9 Å². The SMILES string of the molecule is CC(C)N(C[C@H]1O[C@@H](n2cnc3c(N)ncnc32)[C@H](O)[C@@H]1O)C1CC(CCC2=Nc3cc(C(C)(C)C)ccc3C2)C1. The first-order valence-electron chi connectivity index (χ1n) is 14.9. The van der Waals surface area contributed by atoms with Crippen LogP contribution in [0.2, 0.25) is 0 Å². The highest BCUT2D eigenvalue weighted by atomic mass is 16.6. The molecular formula is C31H43N7O3. The van der Waals surface area contributed by atoms with Crippen LogP contribution in [0.25, 0.3) is 11.2 Å². The van der Waals surface area contributed by atoms with Crippen LogP contribution in [0.1, 0.15) is 77.7 Å². The van der Waals surface area contributed by atoms with Gasteiger partial charge in [0.15, 0.2) is 17.7 Å². The molecule has 4 N–H and O–H groups in total. The highest BCUT2D eigenvalue weighted by Gasteiger charge is 2.46. The molecule has 3 aromatic rings. The summed E-state index contributed by atoms with van der Waals surface area (Å²) in [6, 6.07) is 7.50. The highest BCUT2D eigenvalue weighted by molar-refractivity contribution is 5.94. The quantitative estimate of drug-likeness (QED) is 0.377. The number of aliphatic hydroxyl groups is 2. The number of benzene rings is 1. The fourth-order valence-electron chi connectivity index (χ4n) is 6.59. The molecule has 0 unspecified atom stereocenters. The van der Waals surface area contributed by atoms with Gasteiger partial charge in [0.25, 0.3) is 0 Å². The topological polar surface area (TPSA) is 135 Å². The molecule has 4 heterocycles. The minimum absolute atomic E-state index is 0.131. The van der Waals surface area contributed by atoms with E-state index in [0.29, 0.717) is 35.7 Å². The Kier molecular flexibility index (Phi) is 7.38. The molecule has 6 rings (SSSR count). The van der Waals surface area contributed by atoms with Gasteiger partial charge in [-0.05, 0) is 68.1 Å². The average Bonchev–Trinajstić information content (AvgIpc) is 3.58. The van der Waals surface area contributed by atoms with Crippen LogP contribution in [-0.2, 0) is 16.6 Å². The number of hydrogen-bond acceptors (Lipinski definition) is 9. The van der Waals surface area contributed by atoms with Crippen LogP contribution in [0, 0.1) is 5.92 Å². The molecule has 4 atom stereocenters. The van der Waals surface area contributed by atoms with E-state index >= 15 is 0 Å². The number of nitrogens with zero attached hydrogens (tertiary/aromatic N) is 6. The van der Waals surface area contributed by atoms with Gasteiger partial charge in [-0.2, -0.15) is 0 Å². The first-order valence-corrected chi connectivity index (χ1v) is 14.9. The molecule has 220 valence electrons. The minimum atomic E-state index is -1.10. The van der Waals surface area contributed by atoms with Gasteiger partial charge in [0.2, 0.25) is 0 Å². The van der Waals surface area contributed by atoms with E-state index < -0.39 is 24.5 Å². The molecule has 10 heteroatoms. The van der Waals surface area contributed by atoms with Crippen molar-refractivity contribution in [3.05, 3.63) is 42.0 Å². The van der Waals surface area contributed by atoms with Gasteiger partial charge < -0.3 is 20.7 Å². The largest absolute Gasteiger partial charge is 0.387 e. The number of aromatic nitrogens is 4. The van der Waals surface area contributed by atoms with Gasteiger partial charge >= 0.3 is 0 Å². The maximum atomic E-state index is 10.9. The summed E-state index contributed by atoms with van der Waals surface area (Å²) in [5.41, 5.74) is 12.1. The molecule has 2 aliphatic heterocycles. The zero-order valence-electron chi connectivity index (χ0n) is 24.7. The Morgan fingerprint density at radius 1 is 1.12 bits per heavy atom. The van der Waals surface area contributed by atoms with Crippen molar-refractivity contribution < 1.29 is 14.9 Å². The Bertz CT molecular complexity index is 1440. The molecule has 0 radical (unpaired) electrons. The first-order chi connectivity index (χ1) is 19.5. The summed E-state index contributed by atoms with van der Waals surface area (Å²) < 4.78 is 7.88. The molecule has 3 aliphatic rings. The van der Waals surface area contributed by atoms with Crippen LogP contribution in [0.4, 0.5) is 11.5 Å². The first kappa shape index (κ1) is 28.2. The Labute approximate surface area is 241 Å². The second-order valence-corrected chi connectivity index (χ2v) is 13.4. The van der Waals surface area contributed by atoms with Crippen molar-refractivity contribution >= 4 is 28.4 Å². The Morgan fingerprint density at radius 3 is 2.63 bits per heavy atom. The number of aliphatic imine (C=N–C) groups is 1. The van der Waals surface area contributed by atoms with Gasteiger partial charge in [-0.25, -0.2) is 15.0 Å². The standard InChI is InChI=1S/C31H43N7O3/c1-17(2)37(14-24-26(39)27(40)30(41-24)38-16-35-25-28(32)33-15-34-29(25)38)22-10-18(11-22)6-9-21-12-19-7-8-20(31(3,4)5)13-23(19)36-21/h7-8,13,15-18,22,24,26-27,30,39-40H,6,9-12,14H2,1-5H3,(H2,32,33,34)/t18?,22?,24-,26-,27-,30-/m1/s1.